The van der Waals surface area contributed by atoms with Crippen molar-refractivity contribution in [2.45, 2.75) is 0 Å². The number of hydrogen-bond donors (Lipinski definition) is 3. The van der Waals surface area contributed by atoms with Gasteiger partial charge in [0, 0.05) is 12.1 Å². The van der Waals surface area contributed by atoms with Gasteiger partial charge in [-0.25, -0.2) is 0 Å². The van der Waals surface area contributed by atoms with Crippen molar-refractivity contribution in [1.29, 1.82) is 0 Å². The van der Waals surface area contributed by atoms with Crippen molar-refractivity contribution >= 4 is 11.4 Å². The lowest BCUT2D eigenvalue weighted by molar-refractivity contribution is -0.538. The fourth-order valence-electron chi connectivity index (χ4n) is 0.825. The third-order valence-corrected chi connectivity index (χ3v) is 1.38. The van der Waals surface area contributed by atoms with Crippen LogP contribution in [0.2, 0.25) is 0 Å². The maximum atomic E-state index is 8.94. The lowest BCUT2D eigenvalue weighted by Crippen LogP contribution is -2.72. The molecule has 0 bridgehead atoms. The van der Waals surface area contributed by atoms with Crippen LogP contribution in [0, 0.1) is 0 Å². The third kappa shape index (κ3) is 1.19. The van der Waals surface area contributed by atoms with Gasteiger partial charge in [-0.2, -0.15) is 0 Å². The number of phenols is 1. The Morgan fingerprint density at radius 3 is 2.70 bits per heavy atom. The van der Waals surface area contributed by atoms with E-state index < -0.39 is 0 Å². The molecule has 5 N–H and O–H groups in total. The van der Waals surface area contributed by atoms with E-state index in [9.17, 15) is 0 Å². The summed E-state index contributed by atoms with van der Waals surface area (Å²) in [6.45, 7) is 0. The van der Waals surface area contributed by atoms with Crippen LogP contribution in [0.25, 0.3) is 0 Å². The zero-order valence-corrected chi connectivity index (χ0v) is 5.83. The summed E-state index contributed by atoms with van der Waals surface area (Å²) >= 11 is 0. The zero-order chi connectivity index (χ0) is 7.56. The summed E-state index contributed by atoms with van der Waals surface area (Å²) in [5.74, 6) is 0.211. The Hall–Kier alpha value is -1.22. The standard InChI is InChI=1S/C7H10N2O/c1-9-7-3-2-5(10)4-6(7)8/h2-4,9-10H,8H2,1H3/p+1. The molecule has 0 unspecified atom stereocenters. The molecule has 1 aromatic rings. The molecular weight excluding hydrogens is 128 g/mol. The van der Waals surface area contributed by atoms with Crippen LogP contribution in [-0.4, -0.2) is 12.2 Å². The number of aromatic hydroxyl groups is 1. The Kier molecular flexibility index (Phi) is 1.78. The van der Waals surface area contributed by atoms with Crippen LogP contribution in [0.5, 0.6) is 5.75 Å². The maximum absolute atomic E-state index is 8.94. The number of benzene rings is 1. The zero-order valence-electron chi connectivity index (χ0n) is 5.83. The van der Waals surface area contributed by atoms with Crippen molar-refractivity contribution in [2.75, 3.05) is 12.8 Å². The summed E-state index contributed by atoms with van der Waals surface area (Å²) in [6.07, 6.45) is 0. The molecule has 0 atom stereocenters. The second-order valence-electron chi connectivity index (χ2n) is 2.10. The highest BCUT2D eigenvalue weighted by molar-refractivity contribution is 5.59. The molecular formula is C7H11N2O+. The number of nitrogens with two attached hydrogens (primary N) is 2. The second kappa shape index (κ2) is 2.58. The van der Waals surface area contributed by atoms with Gasteiger partial charge in [-0.15, -0.1) is 0 Å². The highest BCUT2D eigenvalue weighted by atomic mass is 16.3. The average Bonchev–Trinajstić information content (AvgIpc) is 1.88. The molecule has 0 aromatic heterocycles. The van der Waals surface area contributed by atoms with Gasteiger partial charge in [0.1, 0.15) is 5.75 Å². The van der Waals surface area contributed by atoms with E-state index in [1.165, 1.54) is 6.07 Å². The lowest BCUT2D eigenvalue weighted by atomic mass is 10.2. The topological polar surface area (TPSA) is 62.9 Å². The highest BCUT2D eigenvalue weighted by Gasteiger charge is 1.99. The van der Waals surface area contributed by atoms with E-state index in [0.29, 0.717) is 5.69 Å². The van der Waals surface area contributed by atoms with Crippen molar-refractivity contribution in [3.8, 4) is 5.75 Å². The van der Waals surface area contributed by atoms with E-state index in [-0.39, 0.29) is 5.75 Å². The van der Waals surface area contributed by atoms with Crippen LogP contribution < -0.4 is 11.1 Å². The molecule has 3 heteroatoms. The summed E-state index contributed by atoms with van der Waals surface area (Å²) < 4.78 is 0. The van der Waals surface area contributed by atoms with Crippen LogP contribution in [0.3, 0.4) is 0 Å². The number of nitrogen functional groups attached to an aromatic ring is 1. The number of quaternary nitrogens is 1. The molecule has 10 heavy (non-hydrogen) atoms. The van der Waals surface area contributed by atoms with Crippen molar-refractivity contribution in [2.24, 2.45) is 0 Å². The van der Waals surface area contributed by atoms with E-state index in [4.69, 9.17) is 10.8 Å². The first kappa shape index (κ1) is 6.89. The van der Waals surface area contributed by atoms with Crippen molar-refractivity contribution in [3.63, 3.8) is 0 Å². The van der Waals surface area contributed by atoms with Crippen LogP contribution >= 0.6 is 0 Å². The smallest absolute Gasteiger partial charge is 0.152 e. The first-order valence-electron chi connectivity index (χ1n) is 3.12. The van der Waals surface area contributed by atoms with Crippen LogP contribution in [0.15, 0.2) is 18.2 Å². The van der Waals surface area contributed by atoms with Crippen molar-refractivity contribution < 1.29 is 10.4 Å². The Morgan fingerprint density at radius 1 is 1.50 bits per heavy atom. The first-order valence-corrected chi connectivity index (χ1v) is 3.12. The molecule has 0 heterocycles. The van der Waals surface area contributed by atoms with E-state index in [0.717, 1.165) is 5.69 Å². The maximum Gasteiger partial charge on any atom is 0.152 e. The third-order valence-electron chi connectivity index (χ3n) is 1.38. The van der Waals surface area contributed by atoms with Gasteiger partial charge in [0.15, 0.2) is 5.69 Å². The fraction of sp³-hybridized carbons (Fsp3) is 0.143. The first-order chi connectivity index (χ1) is 4.74. The minimum Gasteiger partial charge on any atom is -0.508 e. The lowest BCUT2D eigenvalue weighted by Gasteiger charge is -1.98. The average molecular weight is 139 g/mol. The van der Waals surface area contributed by atoms with E-state index in [1.54, 1.807) is 12.1 Å². The monoisotopic (exact) mass is 139 g/mol. The van der Waals surface area contributed by atoms with Gasteiger partial charge in [0.25, 0.3) is 0 Å². The minimum atomic E-state index is 0.211. The minimum absolute atomic E-state index is 0.211. The quantitative estimate of drug-likeness (QED) is 0.372. The van der Waals surface area contributed by atoms with Gasteiger partial charge < -0.3 is 16.2 Å². The highest BCUT2D eigenvalue weighted by Crippen LogP contribution is 2.18. The number of hydrogen-bond acceptors (Lipinski definition) is 2. The molecule has 0 spiro atoms. The van der Waals surface area contributed by atoms with Crippen molar-refractivity contribution in [3.05, 3.63) is 18.2 Å². The Bertz CT molecular complexity index is 235. The molecule has 3 nitrogen and oxygen atoms in total. The number of phenolic OH excluding ortho intramolecular Hbond substituents is 1. The van der Waals surface area contributed by atoms with Gasteiger partial charge in [-0.3, -0.25) is 0 Å². The molecule has 0 aliphatic rings. The van der Waals surface area contributed by atoms with Crippen LogP contribution in [0.1, 0.15) is 0 Å². The second-order valence-corrected chi connectivity index (χ2v) is 2.10. The molecule has 1 aromatic carbocycles. The van der Waals surface area contributed by atoms with Gasteiger partial charge in [-0.1, -0.05) is 0 Å². The summed E-state index contributed by atoms with van der Waals surface area (Å²) in [5.41, 5.74) is 7.11. The predicted octanol–water partition coefficient (Wildman–Crippen LogP) is -0.201. The Balaban J connectivity index is 3.07. The molecule has 0 fully saturated rings. The summed E-state index contributed by atoms with van der Waals surface area (Å²) in [7, 11) is 1.91. The molecule has 0 amide bonds. The molecule has 0 radical (unpaired) electrons. The van der Waals surface area contributed by atoms with Gasteiger partial charge >= 0.3 is 0 Å². The summed E-state index contributed by atoms with van der Waals surface area (Å²) in [6, 6.07) is 4.94. The van der Waals surface area contributed by atoms with Crippen molar-refractivity contribution in [1.82, 2.24) is 0 Å². The molecule has 0 aliphatic heterocycles. The Morgan fingerprint density at radius 2 is 2.20 bits per heavy atom. The number of anilines is 1. The normalized spacial score (nSPS) is 9.70. The number of rotatable bonds is 1. The van der Waals surface area contributed by atoms with E-state index >= 15 is 0 Å². The largest absolute Gasteiger partial charge is 0.508 e. The van der Waals surface area contributed by atoms with Gasteiger partial charge in [0.05, 0.1) is 12.7 Å². The van der Waals surface area contributed by atoms with Crippen LogP contribution in [0.4, 0.5) is 11.4 Å². The molecule has 1 rings (SSSR count). The fourth-order valence-corrected chi connectivity index (χ4v) is 0.825. The van der Waals surface area contributed by atoms with E-state index in [1.807, 2.05) is 12.4 Å². The van der Waals surface area contributed by atoms with Crippen LogP contribution in [-0.2, 0) is 0 Å². The van der Waals surface area contributed by atoms with Gasteiger partial charge in [-0.05, 0) is 6.07 Å². The van der Waals surface area contributed by atoms with Gasteiger partial charge in [0.2, 0.25) is 0 Å². The summed E-state index contributed by atoms with van der Waals surface area (Å²) in [4.78, 5) is 0. The Labute approximate surface area is 59.5 Å². The molecule has 54 valence electrons. The summed E-state index contributed by atoms with van der Waals surface area (Å²) in [5, 5.41) is 10.8. The predicted molar refractivity (Wildman–Crippen MR) is 40.0 cm³/mol. The molecule has 0 aliphatic carbocycles. The molecule has 0 saturated carbocycles. The SMILES string of the molecule is C[NH2+]c1ccc(O)cc1N. The molecule has 0 saturated heterocycles. The van der Waals surface area contributed by atoms with E-state index in [2.05, 4.69) is 0 Å².